The van der Waals surface area contributed by atoms with Crippen LogP contribution >= 0.6 is 15.9 Å². The molecule has 62 valence electrons. The van der Waals surface area contributed by atoms with Gasteiger partial charge in [-0.3, -0.25) is 0 Å². The molecule has 0 spiro atoms. The highest BCUT2D eigenvalue weighted by molar-refractivity contribution is 9.08. The van der Waals surface area contributed by atoms with E-state index in [-0.39, 0.29) is 0 Å². The summed E-state index contributed by atoms with van der Waals surface area (Å²) in [5.74, 6) is 0.755. The van der Waals surface area contributed by atoms with E-state index in [1.807, 2.05) is 12.1 Å². The largest absolute Gasteiger partial charge is 0.496 e. The number of nitriles is 1. The molecule has 0 fully saturated rings. The molecule has 0 saturated carbocycles. The van der Waals surface area contributed by atoms with Crippen LogP contribution in [0.1, 0.15) is 11.1 Å². The van der Waals surface area contributed by atoms with Gasteiger partial charge in [0.1, 0.15) is 5.75 Å². The summed E-state index contributed by atoms with van der Waals surface area (Å²) in [4.78, 5) is 0. The fourth-order valence-corrected chi connectivity index (χ4v) is 1.58. The number of ether oxygens (including phenoxy) is 1. The molecule has 12 heavy (non-hydrogen) atoms. The third-order valence-corrected chi connectivity index (χ3v) is 2.17. The summed E-state index contributed by atoms with van der Waals surface area (Å²) in [6.45, 7) is 0. The zero-order chi connectivity index (χ0) is 8.97. The molecule has 0 radical (unpaired) electrons. The van der Waals surface area contributed by atoms with E-state index in [1.165, 1.54) is 0 Å². The van der Waals surface area contributed by atoms with Crippen LogP contribution in [0.4, 0.5) is 0 Å². The summed E-state index contributed by atoms with van der Waals surface area (Å²) in [6, 6.07) is 7.54. The number of hydrogen-bond donors (Lipinski definition) is 0. The van der Waals surface area contributed by atoms with Gasteiger partial charge < -0.3 is 4.74 Å². The molecule has 0 atom stereocenters. The maximum atomic E-state index is 8.74. The average molecular weight is 226 g/mol. The molecular formula is C9H8BrNO. The van der Waals surface area contributed by atoms with Crippen LogP contribution in [0.3, 0.4) is 0 Å². The van der Waals surface area contributed by atoms with Crippen molar-refractivity contribution in [2.45, 2.75) is 5.33 Å². The van der Waals surface area contributed by atoms with E-state index in [0.717, 1.165) is 11.3 Å². The zero-order valence-corrected chi connectivity index (χ0v) is 8.26. The smallest absolute Gasteiger partial charge is 0.124 e. The van der Waals surface area contributed by atoms with Crippen molar-refractivity contribution in [3.63, 3.8) is 0 Å². The summed E-state index contributed by atoms with van der Waals surface area (Å²) in [5, 5.41) is 9.38. The number of benzene rings is 1. The van der Waals surface area contributed by atoms with Crippen molar-refractivity contribution in [3.8, 4) is 11.8 Å². The minimum Gasteiger partial charge on any atom is -0.496 e. The van der Waals surface area contributed by atoms with Crippen LogP contribution in [0.25, 0.3) is 0 Å². The number of methoxy groups -OCH3 is 1. The van der Waals surface area contributed by atoms with Gasteiger partial charge >= 0.3 is 0 Å². The van der Waals surface area contributed by atoms with Crippen molar-refractivity contribution in [1.82, 2.24) is 0 Å². The Kier molecular flexibility index (Phi) is 3.12. The lowest BCUT2D eigenvalue weighted by atomic mass is 10.1. The van der Waals surface area contributed by atoms with E-state index in [0.29, 0.717) is 10.9 Å². The maximum absolute atomic E-state index is 8.74. The monoisotopic (exact) mass is 225 g/mol. The summed E-state index contributed by atoms with van der Waals surface area (Å²) in [6.07, 6.45) is 0. The van der Waals surface area contributed by atoms with Crippen LogP contribution in [-0.4, -0.2) is 7.11 Å². The topological polar surface area (TPSA) is 33.0 Å². The van der Waals surface area contributed by atoms with Gasteiger partial charge in [0.25, 0.3) is 0 Å². The molecule has 0 bridgehead atoms. The fraction of sp³-hybridized carbons (Fsp3) is 0.222. The number of hydrogen-bond acceptors (Lipinski definition) is 2. The van der Waals surface area contributed by atoms with Crippen LogP contribution in [0.5, 0.6) is 5.75 Å². The molecule has 1 rings (SSSR count). The van der Waals surface area contributed by atoms with Crippen molar-refractivity contribution in [2.75, 3.05) is 7.11 Å². The Morgan fingerprint density at radius 1 is 1.58 bits per heavy atom. The van der Waals surface area contributed by atoms with Gasteiger partial charge in [0.15, 0.2) is 0 Å². The van der Waals surface area contributed by atoms with E-state index < -0.39 is 0 Å². The molecule has 1 aromatic rings. The Morgan fingerprint density at radius 3 is 2.83 bits per heavy atom. The van der Waals surface area contributed by atoms with Gasteiger partial charge in [-0.1, -0.05) is 22.0 Å². The highest BCUT2D eigenvalue weighted by Gasteiger charge is 2.05. The SMILES string of the molecule is COc1cccc(C#N)c1CBr. The van der Waals surface area contributed by atoms with Crippen molar-refractivity contribution in [2.24, 2.45) is 0 Å². The van der Waals surface area contributed by atoms with Crippen molar-refractivity contribution < 1.29 is 4.74 Å². The molecule has 0 heterocycles. The van der Waals surface area contributed by atoms with Gasteiger partial charge in [-0.05, 0) is 12.1 Å². The summed E-state index contributed by atoms with van der Waals surface area (Å²) < 4.78 is 5.10. The first-order valence-corrected chi connectivity index (χ1v) is 4.57. The molecule has 0 aliphatic rings. The minimum absolute atomic E-state index is 0.639. The van der Waals surface area contributed by atoms with Crippen molar-refractivity contribution in [1.29, 1.82) is 5.26 Å². The molecule has 0 aliphatic heterocycles. The Bertz CT molecular complexity index is 317. The number of alkyl halides is 1. The van der Waals surface area contributed by atoms with Gasteiger partial charge in [-0.2, -0.15) is 5.26 Å². The van der Waals surface area contributed by atoms with E-state index in [4.69, 9.17) is 10.00 Å². The Balaban J connectivity index is 3.24. The molecule has 3 heteroatoms. The molecule has 0 N–H and O–H groups in total. The third-order valence-electron chi connectivity index (χ3n) is 1.61. The molecule has 0 aliphatic carbocycles. The third kappa shape index (κ3) is 1.59. The number of rotatable bonds is 2. The summed E-state index contributed by atoms with van der Waals surface area (Å²) in [5.41, 5.74) is 1.56. The summed E-state index contributed by atoms with van der Waals surface area (Å²) in [7, 11) is 1.60. The van der Waals surface area contributed by atoms with E-state index in [9.17, 15) is 0 Å². The molecular weight excluding hydrogens is 218 g/mol. The maximum Gasteiger partial charge on any atom is 0.124 e. The second kappa shape index (κ2) is 4.13. The molecule has 0 saturated heterocycles. The highest BCUT2D eigenvalue weighted by atomic mass is 79.9. The predicted molar refractivity (Wildman–Crippen MR) is 50.3 cm³/mol. The van der Waals surface area contributed by atoms with Crippen LogP contribution < -0.4 is 4.74 Å². The van der Waals surface area contributed by atoms with E-state index >= 15 is 0 Å². The first-order valence-electron chi connectivity index (χ1n) is 3.45. The summed E-state index contributed by atoms with van der Waals surface area (Å²) >= 11 is 3.31. The van der Waals surface area contributed by atoms with Crippen LogP contribution in [0.2, 0.25) is 0 Å². The van der Waals surface area contributed by atoms with Gasteiger partial charge in [0.2, 0.25) is 0 Å². The van der Waals surface area contributed by atoms with E-state index in [2.05, 4.69) is 22.0 Å². The van der Waals surface area contributed by atoms with Crippen LogP contribution in [-0.2, 0) is 5.33 Å². The Hall–Kier alpha value is -1.01. The first-order chi connectivity index (χ1) is 5.83. The molecule has 1 aromatic carbocycles. The van der Waals surface area contributed by atoms with Crippen molar-refractivity contribution >= 4 is 15.9 Å². The molecule has 0 amide bonds. The minimum atomic E-state index is 0.639. The lowest BCUT2D eigenvalue weighted by Crippen LogP contribution is -1.92. The van der Waals surface area contributed by atoms with E-state index in [1.54, 1.807) is 13.2 Å². The lowest BCUT2D eigenvalue weighted by Gasteiger charge is -2.06. The van der Waals surface area contributed by atoms with Gasteiger partial charge in [-0.15, -0.1) is 0 Å². The molecule has 0 aromatic heterocycles. The average Bonchev–Trinajstić information content (AvgIpc) is 2.16. The number of nitrogens with zero attached hydrogens (tertiary/aromatic N) is 1. The van der Waals surface area contributed by atoms with Gasteiger partial charge in [0, 0.05) is 10.9 Å². The van der Waals surface area contributed by atoms with Crippen molar-refractivity contribution in [3.05, 3.63) is 29.3 Å². The lowest BCUT2D eigenvalue weighted by molar-refractivity contribution is 0.411. The fourth-order valence-electron chi connectivity index (χ4n) is 0.999. The zero-order valence-electron chi connectivity index (χ0n) is 6.67. The van der Waals surface area contributed by atoms with Gasteiger partial charge in [-0.25, -0.2) is 0 Å². The quantitative estimate of drug-likeness (QED) is 0.725. The normalized spacial score (nSPS) is 9.08. The Morgan fingerprint density at radius 2 is 2.33 bits per heavy atom. The first kappa shape index (κ1) is 9.08. The van der Waals surface area contributed by atoms with Gasteiger partial charge in [0.05, 0.1) is 18.7 Å². The second-order valence-corrected chi connectivity index (χ2v) is 2.79. The highest BCUT2D eigenvalue weighted by Crippen LogP contribution is 2.23. The predicted octanol–water partition coefficient (Wildman–Crippen LogP) is 2.46. The molecule has 2 nitrogen and oxygen atoms in total. The standard InChI is InChI=1S/C9H8BrNO/c1-12-9-4-2-3-7(6-11)8(9)5-10/h2-4H,5H2,1H3. The van der Waals surface area contributed by atoms with Crippen LogP contribution in [0.15, 0.2) is 18.2 Å². The second-order valence-electron chi connectivity index (χ2n) is 2.23. The Labute approximate surface area is 79.9 Å². The molecule has 0 unspecified atom stereocenters. The number of halogens is 1. The van der Waals surface area contributed by atoms with Crippen LogP contribution in [0, 0.1) is 11.3 Å².